The Morgan fingerprint density at radius 2 is 1.46 bits per heavy atom. The van der Waals surface area contributed by atoms with Crippen molar-refractivity contribution < 1.29 is 0 Å². The third kappa shape index (κ3) is 6.83. The molecule has 41 heavy (non-hydrogen) atoms. The van der Waals surface area contributed by atoms with Gasteiger partial charge in [-0.25, -0.2) is 15.0 Å². The van der Waals surface area contributed by atoms with Gasteiger partial charge in [0.25, 0.3) is 0 Å². The quantitative estimate of drug-likeness (QED) is 0.239. The largest absolute Gasteiger partial charge is 0.383 e. The third-order valence-electron chi connectivity index (χ3n) is 7.46. The molecule has 1 aliphatic heterocycles. The summed E-state index contributed by atoms with van der Waals surface area (Å²) in [5.74, 6) is 1.19. The second-order valence-corrected chi connectivity index (χ2v) is 10.7. The second-order valence-electron chi connectivity index (χ2n) is 10.7. The molecule has 3 aromatic heterocycles. The number of nitrogen functional groups attached to an aromatic ring is 1. The van der Waals surface area contributed by atoms with E-state index in [-0.39, 0.29) is 0 Å². The maximum atomic E-state index is 6.30. The van der Waals surface area contributed by atoms with E-state index in [2.05, 4.69) is 64.7 Å². The minimum Gasteiger partial charge on any atom is -0.383 e. The normalized spacial score (nSPS) is 14.5. The van der Waals surface area contributed by atoms with Crippen LogP contribution in [-0.2, 0) is 6.54 Å². The highest BCUT2D eigenvalue weighted by molar-refractivity contribution is 5.84. The number of hydrogen-bond acceptors (Lipinski definition) is 5. The average molecular weight is 549 g/mol. The van der Waals surface area contributed by atoms with Crippen molar-refractivity contribution in [3.05, 3.63) is 90.6 Å². The van der Waals surface area contributed by atoms with E-state index in [9.17, 15) is 0 Å². The van der Waals surface area contributed by atoms with Crippen molar-refractivity contribution in [3.8, 4) is 28.3 Å². The molecule has 0 aliphatic carbocycles. The van der Waals surface area contributed by atoms with Crippen LogP contribution in [0.1, 0.15) is 59.9 Å². The van der Waals surface area contributed by atoms with E-state index in [0.29, 0.717) is 11.2 Å². The van der Waals surface area contributed by atoms with Crippen molar-refractivity contribution >= 4 is 17.0 Å². The number of nitrogens with zero attached hydrogens (tertiary/aromatic N) is 5. The van der Waals surface area contributed by atoms with Crippen LogP contribution in [0.4, 0.5) is 5.82 Å². The summed E-state index contributed by atoms with van der Waals surface area (Å²) in [7, 11) is 0. The molecule has 5 aromatic rings. The summed E-state index contributed by atoms with van der Waals surface area (Å²) in [5.41, 5.74) is 13.5. The van der Waals surface area contributed by atoms with Crippen LogP contribution in [0.2, 0.25) is 0 Å². The summed E-state index contributed by atoms with van der Waals surface area (Å²) in [6, 6.07) is 26.9. The lowest BCUT2D eigenvalue weighted by Gasteiger charge is -2.36. The van der Waals surface area contributed by atoms with E-state index >= 15 is 0 Å². The van der Waals surface area contributed by atoms with E-state index in [1.54, 1.807) is 6.20 Å². The van der Waals surface area contributed by atoms with Crippen molar-refractivity contribution in [1.82, 2.24) is 24.4 Å². The molecule has 214 valence electrons. The number of imidazole rings is 1. The summed E-state index contributed by atoms with van der Waals surface area (Å²) in [4.78, 5) is 16.9. The first-order chi connectivity index (χ1) is 20.0. The topological polar surface area (TPSA) is 72.9 Å². The summed E-state index contributed by atoms with van der Waals surface area (Å²) < 4.78 is 2.10. The molecule has 0 atom stereocenters. The van der Waals surface area contributed by atoms with Crippen molar-refractivity contribution in [2.45, 2.75) is 60.9 Å². The predicted molar refractivity (Wildman–Crippen MR) is 173 cm³/mol. The van der Waals surface area contributed by atoms with Gasteiger partial charge in [0, 0.05) is 24.0 Å². The molecule has 2 aromatic carbocycles. The van der Waals surface area contributed by atoms with Crippen molar-refractivity contribution in [1.29, 1.82) is 0 Å². The van der Waals surface area contributed by atoms with Gasteiger partial charge in [0.2, 0.25) is 0 Å². The first-order valence-electron chi connectivity index (χ1n) is 14.9. The molecule has 2 N–H and O–H groups in total. The van der Waals surface area contributed by atoms with Crippen molar-refractivity contribution in [2.75, 3.05) is 18.8 Å². The minimum absolute atomic E-state index is 0.451. The standard InChI is InChI=1S/C31H32N6.2C2H6/c1-31(2)16-19-36(20-17-31)21-22-10-12-24(13-11-22)37-29(25-9-6-18-33-28(25)32)35-27-15-14-26(34-30(27)37)23-7-4-3-5-8-23;2*1-2/h3-15,18H,16-17,19-21H2,1-2H3,(H2,32,33);2*1-2H3. The smallest absolute Gasteiger partial charge is 0.165 e. The molecule has 0 bridgehead atoms. The van der Waals surface area contributed by atoms with Gasteiger partial charge in [0.05, 0.1) is 11.3 Å². The highest BCUT2D eigenvalue weighted by atomic mass is 15.1. The van der Waals surface area contributed by atoms with Gasteiger partial charge in [-0.2, -0.15) is 0 Å². The van der Waals surface area contributed by atoms with Gasteiger partial charge >= 0.3 is 0 Å². The zero-order valence-electron chi connectivity index (χ0n) is 25.4. The number of piperidine rings is 1. The lowest BCUT2D eigenvalue weighted by molar-refractivity contribution is 0.127. The number of fused-ring (bicyclic) bond motifs is 1. The van der Waals surface area contributed by atoms with Crippen LogP contribution in [0, 0.1) is 5.41 Å². The summed E-state index contributed by atoms with van der Waals surface area (Å²) in [6.07, 6.45) is 4.20. The fraction of sp³-hybridized carbons (Fsp3) is 0.343. The second kappa shape index (κ2) is 13.6. The van der Waals surface area contributed by atoms with Crippen LogP contribution in [0.15, 0.2) is 85.1 Å². The van der Waals surface area contributed by atoms with E-state index < -0.39 is 0 Å². The number of benzene rings is 2. The van der Waals surface area contributed by atoms with Crippen LogP contribution in [-0.4, -0.2) is 37.5 Å². The first kappa shape index (κ1) is 29.9. The van der Waals surface area contributed by atoms with Crippen molar-refractivity contribution in [3.63, 3.8) is 0 Å². The minimum atomic E-state index is 0.451. The van der Waals surface area contributed by atoms with Gasteiger partial charge in [-0.15, -0.1) is 0 Å². The molecule has 6 rings (SSSR count). The Hall–Kier alpha value is -4.03. The van der Waals surface area contributed by atoms with Crippen molar-refractivity contribution in [2.24, 2.45) is 5.41 Å². The molecule has 6 heteroatoms. The zero-order chi connectivity index (χ0) is 29.4. The average Bonchev–Trinajstić information content (AvgIpc) is 3.40. The van der Waals surface area contributed by atoms with E-state index in [1.165, 1.54) is 18.4 Å². The first-order valence-corrected chi connectivity index (χ1v) is 14.9. The number of anilines is 1. The van der Waals surface area contributed by atoms with Crippen LogP contribution in [0.3, 0.4) is 0 Å². The lowest BCUT2D eigenvalue weighted by atomic mass is 9.82. The van der Waals surface area contributed by atoms with Gasteiger partial charge in [0.1, 0.15) is 11.3 Å². The Balaban J connectivity index is 0.000000929. The van der Waals surface area contributed by atoms with Gasteiger partial charge in [-0.3, -0.25) is 9.47 Å². The Labute approximate surface area is 245 Å². The van der Waals surface area contributed by atoms with Crippen LogP contribution >= 0.6 is 0 Å². The van der Waals surface area contributed by atoms with Crippen LogP contribution in [0.5, 0.6) is 0 Å². The predicted octanol–water partition coefficient (Wildman–Crippen LogP) is 8.41. The molecule has 0 unspecified atom stereocenters. The fourth-order valence-corrected chi connectivity index (χ4v) is 5.08. The van der Waals surface area contributed by atoms with E-state index in [0.717, 1.165) is 59.1 Å². The maximum Gasteiger partial charge on any atom is 0.165 e. The van der Waals surface area contributed by atoms with E-state index in [1.807, 2.05) is 70.2 Å². The van der Waals surface area contributed by atoms with Gasteiger partial charge in [0.15, 0.2) is 11.5 Å². The van der Waals surface area contributed by atoms with Crippen LogP contribution in [0.25, 0.3) is 39.5 Å². The Morgan fingerprint density at radius 1 is 0.780 bits per heavy atom. The summed E-state index contributed by atoms with van der Waals surface area (Å²) >= 11 is 0. The van der Waals surface area contributed by atoms with Gasteiger partial charge < -0.3 is 5.73 Å². The molecule has 4 heterocycles. The zero-order valence-corrected chi connectivity index (χ0v) is 25.4. The summed E-state index contributed by atoms with van der Waals surface area (Å²) in [6.45, 7) is 16.0. The molecule has 6 nitrogen and oxygen atoms in total. The number of pyridine rings is 2. The highest BCUT2D eigenvalue weighted by Crippen LogP contribution is 2.33. The highest BCUT2D eigenvalue weighted by Gasteiger charge is 2.25. The molecular weight excluding hydrogens is 504 g/mol. The van der Waals surface area contributed by atoms with Gasteiger partial charge in [-0.1, -0.05) is 84.0 Å². The molecule has 1 fully saturated rings. The SMILES string of the molecule is CC.CC.CC1(C)CCN(Cc2ccc(-n3c(-c4cccnc4N)nc4ccc(-c5ccccc5)nc43)cc2)CC1. The lowest BCUT2D eigenvalue weighted by Crippen LogP contribution is -2.36. The monoisotopic (exact) mass is 548 g/mol. The molecule has 1 aliphatic rings. The molecule has 0 saturated carbocycles. The number of rotatable bonds is 5. The number of aromatic nitrogens is 4. The molecule has 0 radical (unpaired) electrons. The Morgan fingerprint density at radius 3 is 2.12 bits per heavy atom. The fourth-order valence-electron chi connectivity index (χ4n) is 5.08. The van der Waals surface area contributed by atoms with E-state index in [4.69, 9.17) is 15.7 Å². The molecular formula is C35H44N6. The Kier molecular flexibility index (Phi) is 9.90. The maximum absolute atomic E-state index is 6.30. The third-order valence-corrected chi connectivity index (χ3v) is 7.46. The molecule has 0 spiro atoms. The molecule has 1 saturated heterocycles. The van der Waals surface area contributed by atoms with Gasteiger partial charge in [-0.05, 0) is 73.3 Å². The Bertz CT molecular complexity index is 1530. The summed E-state index contributed by atoms with van der Waals surface area (Å²) in [5, 5.41) is 0. The van der Waals surface area contributed by atoms with Crippen LogP contribution < -0.4 is 5.73 Å². The number of likely N-dealkylation sites (tertiary alicyclic amines) is 1. The number of hydrogen-bond donors (Lipinski definition) is 1. The number of nitrogens with two attached hydrogens (primary N) is 1. The molecule has 0 amide bonds.